The maximum absolute atomic E-state index is 10.8. The molecule has 0 heterocycles. The minimum absolute atomic E-state index is 0.475. The molecule has 4 nitrogen and oxygen atoms in total. The molecular formula is C7H12O4. The van der Waals surface area contributed by atoms with Gasteiger partial charge >= 0.3 is 0 Å². The van der Waals surface area contributed by atoms with E-state index in [0.29, 0.717) is 0 Å². The summed E-state index contributed by atoms with van der Waals surface area (Å²) in [6.07, 6.45) is 1.02. The summed E-state index contributed by atoms with van der Waals surface area (Å²) in [5, 5.41) is 17.9. The average molecular weight is 160 g/mol. The Morgan fingerprint density at radius 3 is 2.45 bits per heavy atom. The van der Waals surface area contributed by atoms with E-state index in [4.69, 9.17) is 10.2 Å². The van der Waals surface area contributed by atoms with Gasteiger partial charge < -0.3 is 14.9 Å². The van der Waals surface area contributed by atoms with Crippen molar-refractivity contribution >= 4 is 5.78 Å². The zero-order valence-electron chi connectivity index (χ0n) is 6.57. The fourth-order valence-electron chi connectivity index (χ4n) is 0.539. The highest BCUT2D eigenvalue weighted by Crippen LogP contribution is 2.15. The third-order valence-corrected chi connectivity index (χ3v) is 1.49. The van der Waals surface area contributed by atoms with E-state index in [2.05, 4.69) is 11.3 Å². The Hall–Kier alpha value is -0.710. The number of carbonyl (C=O) groups is 1. The summed E-state index contributed by atoms with van der Waals surface area (Å²) in [7, 11) is 1.10. The summed E-state index contributed by atoms with van der Waals surface area (Å²) in [6.45, 7) is 4.54. The second kappa shape index (κ2) is 3.61. The van der Waals surface area contributed by atoms with Crippen LogP contribution in [0.1, 0.15) is 6.92 Å². The average Bonchev–Trinajstić information content (AvgIpc) is 2.01. The molecule has 0 aromatic rings. The van der Waals surface area contributed by atoms with Gasteiger partial charge in [0, 0.05) is 7.11 Å². The van der Waals surface area contributed by atoms with E-state index >= 15 is 0 Å². The summed E-state index contributed by atoms with van der Waals surface area (Å²) in [6, 6.07) is 0. The van der Waals surface area contributed by atoms with Gasteiger partial charge in [-0.2, -0.15) is 0 Å². The molecule has 4 heteroatoms. The van der Waals surface area contributed by atoms with Gasteiger partial charge in [-0.1, -0.05) is 6.58 Å². The van der Waals surface area contributed by atoms with Crippen molar-refractivity contribution in [3.05, 3.63) is 12.7 Å². The summed E-state index contributed by atoms with van der Waals surface area (Å²) >= 11 is 0. The number of ether oxygens (including phenoxy) is 1. The first-order valence-corrected chi connectivity index (χ1v) is 3.12. The van der Waals surface area contributed by atoms with Crippen molar-refractivity contribution in [3.8, 4) is 0 Å². The fourth-order valence-corrected chi connectivity index (χ4v) is 0.539. The minimum Gasteiger partial charge on any atom is -0.343 e. The predicted molar refractivity (Wildman–Crippen MR) is 38.5 cm³/mol. The Kier molecular flexibility index (Phi) is 3.38. The number of aliphatic hydroxyl groups is 2. The van der Waals surface area contributed by atoms with E-state index in [0.717, 1.165) is 13.2 Å². The lowest BCUT2D eigenvalue weighted by Crippen LogP contribution is -2.41. The molecule has 2 N–H and O–H groups in total. The van der Waals surface area contributed by atoms with Crippen LogP contribution in [0, 0.1) is 5.92 Å². The number of rotatable bonds is 4. The molecule has 1 atom stereocenters. The molecule has 0 amide bonds. The molecule has 0 spiro atoms. The summed E-state index contributed by atoms with van der Waals surface area (Å²) in [5.74, 6) is -3.90. The van der Waals surface area contributed by atoms with Crippen molar-refractivity contribution in [3.63, 3.8) is 0 Å². The van der Waals surface area contributed by atoms with E-state index in [1.54, 1.807) is 0 Å². The molecule has 0 aliphatic rings. The molecule has 0 radical (unpaired) electrons. The van der Waals surface area contributed by atoms with Crippen molar-refractivity contribution in [2.75, 3.05) is 7.11 Å². The van der Waals surface area contributed by atoms with Crippen LogP contribution in [0.2, 0.25) is 0 Å². The van der Waals surface area contributed by atoms with Gasteiger partial charge in [0.2, 0.25) is 0 Å². The van der Waals surface area contributed by atoms with E-state index in [9.17, 15) is 4.79 Å². The quantitative estimate of drug-likeness (QED) is 0.436. The van der Waals surface area contributed by atoms with E-state index < -0.39 is 17.7 Å². The number of ketones is 1. The Labute approximate surface area is 65.1 Å². The van der Waals surface area contributed by atoms with Gasteiger partial charge in [-0.05, 0) is 13.0 Å². The van der Waals surface area contributed by atoms with Crippen LogP contribution in [0.4, 0.5) is 0 Å². The maximum atomic E-state index is 10.8. The topological polar surface area (TPSA) is 66.8 Å². The van der Waals surface area contributed by atoms with Crippen LogP contribution in [0.25, 0.3) is 0 Å². The van der Waals surface area contributed by atoms with Crippen LogP contribution in [-0.4, -0.2) is 29.1 Å². The minimum atomic E-state index is -2.40. The molecule has 0 rings (SSSR count). The van der Waals surface area contributed by atoms with Crippen molar-refractivity contribution < 1.29 is 19.7 Å². The largest absolute Gasteiger partial charge is 0.343 e. The van der Waals surface area contributed by atoms with Gasteiger partial charge in [0.25, 0.3) is 5.97 Å². The third kappa shape index (κ3) is 2.42. The van der Waals surface area contributed by atoms with Crippen molar-refractivity contribution in [1.29, 1.82) is 0 Å². The molecule has 0 aromatic heterocycles. The highest BCUT2D eigenvalue weighted by molar-refractivity contribution is 5.91. The molecule has 11 heavy (non-hydrogen) atoms. The van der Waals surface area contributed by atoms with Gasteiger partial charge in [0.15, 0.2) is 5.78 Å². The van der Waals surface area contributed by atoms with Gasteiger partial charge in [0.05, 0.1) is 0 Å². The first-order chi connectivity index (χ1) is 4.95. The molecule has 64 valence electrons. The Morgan fingerprint density at radius 1 is 1.73 bits per heavy atom. The number of carbonyl (C=O) groups excluding carboxylic acids is 1. The van der Waals surface area contributed by atoms with Gasteiger partial charge in [-0.3, -0.25) is 4.79 Å². The third-order valence-electron chi connectivity index (χ3n) is 1.49. The van der Waals surface area contributed by atoms with Gasteiger partial charge in [-0.25, -0.2) is 0 Å². The molecule has 1 unspecified atom stereocenters. The van der Waals surface area contributed by atoms with Crippen LogP contribution < -0.4 is 0 Å². The normalized spacial score (nSPS) is 14.2. The Morgan fingerprint density at radius 2 is 2.18 bits per heavy atom. The fraction of sp³-hybridized carbons (Fsp3) is 0.571. The maximum Gasteiger partial charge on any atom is 0.287 e. The van der Waals surface area contributed by atoms with E-state index in [1.807, 2.05) is 0 Å². The number of methoxy groups -OCH3 is 1. The van der Waals surface area contributed by atoms with Crippen LogP contribution in [0.5, 0.6) is 0 Å². The van der Waals surface area contributed by atoms with Gasteiger partial charge in [0.1, 0.15) is 5.92 Å². The lowest BCUT2D eigenvalue weighted by molar-refractivity contribution is -0.344. The molecule has 0 aliphatic carbocycles. The van der Waals surface area contributed by atoms with Gasteiger partial charge in [-0.15, -0.1) is 0 Å². The predicted octanol–water partition coefficient (Wildman–Crippen LogP) is -0.338. The van der Waals surface area contributed by atoms with E-state index in [1.165, 1.54) is 6.92 Å². The molecule has 0 bridgehead atoms. The zero-order chi connectivity index (χ0) is 9.07. The monoisotopic (exact) mass is 160 g/mol. The summed E-state index contributed by atoms with van der Waals surface area (Å²) < 4.78 is 4.26. The number of hydrogen-bond acceptors (Lipinski definition) is 4. The Balaban J connectivity index is 4.33. The summed E-state index contributed by atoms with van der Waals surface area (Å²) in [5.41, 5.74) is 0. The van der Waals surface area contributed by atoms with Crippen molar-refractivity contribution in [1.82, 2.24) is 0 Å². The highest BCUT2D eigenvalue weighted by Gasteiger charge is 2.34. The smallest absolute Gasteiger partial charge is 0.287 e. The molecular weight excluding hydrogens is 148 g/mol. The Bertz CT molecular complexity index is 162. The first kappa shape index (κ1) is 10.3. The highest BCUT2D eigenvalue weighted by atomic mass is 16.8. The molecule has 0 aromatic carbocycles. The standard InChI is InChI=1S/C7H12O4/c1-4-6(8)5(2)7(9,10)11-3/h4-5,9-10H,1H2,2-3H3. The van der Waals surface area contributed by atoms with E-state index in [-0.39, 0.29) is 0 Å². The second-order valence-electron chi connectivity index (χ2n) is 2.19. The molecule has 0 aliphatic heterocycles. The zero-order valence-corrected chi connectivity index (χ0v) is 6.57. The van der Waals surface area contributed by atoms with Crippen LogP contribution in [0.3, 0.4) is 0 Å². The summed E-state index contributed by atoms with van der Waals surface area (Å²) in [4.78, 5) is 10.8. The van der Waals surface area contributed by atoms with Crippen molar-refractivity contribution in [2.45, 2.75) is 12.9 Å². The van der Waals surface area contributed by atoms with Crippen molar-refractivity contribution in [2.24, 2.45) is 5.92 Å². The first-order valence-electron chi connectivity index (χ1n) is 3.12. The lowest BCUT2D eigenvalue weighted by Gasteiger charge is -2.24. The van der Waals surface area contributed by atoms with Crippen LogP contribution >= 0.6 is 0 Å². The lowest BCUT2D eigenvalue weighted by atomic mass is 10.0. The molecule has 0 fully saturated rings. The SMILES string of the molecule is C=CC(=O)C(C)C(O)(O)OC. The van der Waals surface area contributed by atoms with Crippen LogP contribution in [0.15, 0.2) is 12.7 Å². The van der Waals surface area contributed by atoms with Crippen LogP contribution in [-0.2, 0) is 9.53 Å². The number of allylic oxidation sites excluding steroid dienone is 1. The number of hydrogen-bond donors (Lipinski definition) is 2. The second-order valence-corrected chi connectivity index (χ2v) is 2.19. The molecule has 0 saturated heterocycles. The molecule has 0 saturated carbocycles.